The molecule has 1 aliphatic heterocycles. The smallest absolute Gasteiger partial charge is 0.349 e. The molecule has 0 spiro atoms. The van der Waals surface area contributed by atoms with Crippen LogP contribution >= 0.6 is 22.7 Å². The van der Waals surface area contributed by atoms with Gasteiger partial charge in [-0.15, -0.1) is 11.3 Å². The van der Waals surface area contributed by atoms with E-state index in [4.69, 9.17) is 0 Å². The standard InChI is InChI=1S/C21H19N3O4S2/c1-12-5-7-13(8-6-12)24-17(25)10-14(18(24)15-4-3-9-29-15)19(26)23-21-22-11-16(30-21)20(27)28-2/h3-9,11,14,18H,10H2,1-2H3,(H,22,23,26)/t14-,18-/m1/s1. The normalized spacial score (nSPS) is 18.5. The number of benzene rings is 1. The Morgan fingerprint density at radius 3 is 2.67 bits per heavy atom. The molecule has 2 aromatic heterocycles. The highest BCUT2D eigenvalue weighted by molar-refractivity contribution is 7.17. The Labute approximate surface area is 181 Å². The van der Waals surface area contributed by atoms with E-state index < -0.39 is 17.9 Å². The number of hydrogen-bond acceptors (Lipinski definition) is 7. The third kappa shape index (κ3) is 3.86. The summed E-state index contributed by atoms with van der Waals surface area (Å²) in [6, 6.07) is 11.1. The van der Waals surface area contributed by atoms with Crippen molar-refractivity contribution in [1.29, 1.82) is 0 Å². The molecule has 2 amide bonds. The van der Waals surface area contributed by atoms with Crippen LogP contribution in [0.3, 0.4) is 0 Å². The van der Waals surface area contributed by atoms with Gasteiger partial charge in [-0.25, -0.2) is 9.78 Å². The number of thiazole rings is 1. The van der Waals surface area contributed by atoms with Crippen LogP contribution in [0.25, 0.3) is 0 Å². The van der Waals surface area contributed by atoms with Crippen molar-refractivity contribution < 1.29 is 19.1 Å². The first-order valence-electron chi connectivity index (χ1n) is 9.25. The SMILES string of the molecule is COC(=O)c1cnc(NC(=O)[C@@H]2CC(=O)N(c3ccc(C)cc3)[C@H]2c2cccs2)s1. The number of aryl methyl sites for hydroxylation is 1. The summed E-state index contributed by atoms with van der Waals surface area (Å²) in [6.45, 7) is 1.99. The summed E-state index contributed by atoms with van der Waals surface area (Å²) in [4.78, 5) is 44.7. The van der Waals surface area contributed by atoms with E-state index in [1.165, 1.54) is 24.6 Å². The minimum absolute atomic E-state index is 0.0948. The Morgan fingerprint density at radius 1 is 1.23 bits per heavy atom. The van der Waals surface area contributed by atoms with Crippen LogP contribution in [0.2, 0.25) is 0 Å². The van der Waals surface area contributed by atoms with Crippen LogP contribution in [0, 0.1) is 12.8 Å². The zero-order chi connectivity index (χ0) is 21.3. The predicted molar refractivity (Wildman–Crippen MR) is 116 cm³/mol. The molecule has 0 bridgehead atoms. The molecule has 30 heavy (non-hydrogen) atoms. The van der Waals surface area contributed by atoms with E-state index in [-0.39, 0.29) is 18.2 Å². The van der Waals surface area contributed by atoms with Gasteiger partial charge in [0.05, 0.1) is 25.3 Å². The number of esters is 1. The molecule has 0 unspecified atom stereocenters. The second-order valence-electron chi connectivity index (χ2n) is 6.88. The van der Waals surface area contributed by atoms with Crippen molar-refractivity contribution in [3.05, 3.63) is 63.3 Å². The minimum atomic E-state index is -0.581. The van der Waals surface area contributed by atoms with Gasteiger partial charge in [0.15, 0.2) is 5.13 Å². The predicted octanol–water partition coefficient (Wildman–Crippen LogP) is 4.03. The summed E-state index contributed by atoms with van der Waals surface area (Å²) >= 11 is 2.55. The number of thiophene rings is 1. The van der Waals surface area contributed by atoms with Crippen molar-refractivity contribution in [2.45, 2.75) is 19.4 Å². The average molecular weight is 442 g/mol. The van der Waals surface area contributed by atoms with Gasteiger partial charge < -0.3 is 15.0 Å². The topological polar surface area (TPSA) is 88.6 Å². The summed E-state index contributed by atoms with van der Waals surface area (Å²) in [5.41, 5.74) is 1.86. The molecule has 1 saturated heterocycles. The van der Waals surface area contributed by atoms with Crippen LogP contribution in [0.1, 0.15) is 32.6 Å². The number of ether oxygens (including phenoxy) is 1. The number of methoxy groups -OCH3 is 1. The van der Waals surface area contributed by atoms with Crippen LogP contribution < -0.4 is 10.2 Å². The number of carbonyl (C=O) groups is 3. The lowest BCUT2D eigenvalue weighted by Gasteiger charge is -2.27. The molecule has 9 heteroatoms. The first-order chi connectivity index (χ1) is 14.5. The molecule has 154 valence electrons. The zero-order valence-electron chi connectivity index (χ0n) is 16.3. The number of amides is 2. The number of aromatic nitrogens is 1. The Bertz CT molecular complexity index is 1080. The van der Waals surface area contributed by atoms with Gasteiger partial charge in [-0.3, -0.25) is 9.59 Å². The van der Waals surface area contributed by atoms with E-state index in [0.29, 0.717) is 10.0 Å². The summed E-state index contributed by atoms with van der Waals surface area (Å²) in [7, 11) is 1.29. The zero-order valence-corrected chi connectivity index (χ0v) is 18.0. The van der Waals surface area contributed by atoms with E-state index in [0.717, 1.165) is 27.5 Å². The van der Waals surface area contributed by atoms with Gasteiger partial charge in [-0.2, -0.15) is 0 Å². The lowest BCUT2D eigenvalue weighted by atomic mass is 9.97. The third-order valence-corrected chi connectivity index (χ3v) is 6.76. The Kier molecular flexibility index (Phi) is 5.65. The fraction of sp³-hybridized carbons (Fsp3) is 0.238. The van der Waals surface area contributed by atoms with Crippen LogP contribution in [0.5, 0.6) is 0 Å². The van der Waals surface area contributed by atoms with Gasteiger partial charge >= 0.3 is 5.97 Å². The van der Waals surface area contributed by atoms with Crippen molar-refractivity contribution in [3.8, 4) is 0 Å². The van der Waals surface area contributed by atoms with Crippen molar-refractivity contribution in [3.63, 3.8) is 0 Å². The minimum Gasteiger partial charge on any atom is -0.465 e. The van der Waals surface area contributed by atoms with Gasteiger partial charge in [-0.05, 0) is 30.5 Å². The van der Waals surface area contributed by atoms with E-state index in [2.05, 4.69) is 15.0 Å². The van der Waals surface area contributed by atoms with Crippen molar-refractivity contribution in [1.82, 2.24) is 4.98 Å². The maximum absolute atomic E-state index is 13.1. The molecule has 0 aliphatic carbocycles. The van der Waals surface area contributed by atoms with E-state index in [1.54, 1.807) is 4.90 Å². The molecule has 1 N–H and O–H groups in total. The molecule has 3 aromatic rings. The maximum atomic E-state index is 13.1. The highest BCUT2D eigenvalue weighted by Gasteiger charge is 2.46. The fourth-order valence-corrected chi connectivity index (χ4v) is 5.11. The molecule has 4 rings (SSSR count). The summed E-state index contributed by atoms with van der Waals surface area (Å²) in [5.74, 6) is -1.50. The molecule has 0 radical (unpaired) electrons. The molecular formula is C21H19N3O4S2. The number of hydrogen-bond donors (Lipinski definition) is 1. The van der Waals surface area contributed by atoms with Gasteiger partial charge in [-0.1, -0.05) is 35.1 Å². The Balaban J connectivity index is 1.62. The van der Waals surface area contributed by atoms with Crippen LogP contribution in [-0.2, 0) is 14.3 Å². The molecule has 7 nitrogen and oxygen atoms in total. The monoisotopic (exact) mass is 441 g/mol. The maximum Gasteiger partial charge on any atom is 0.349 e. The summed E-state index contributed by atoms with van der Waals surface area (Å²) < 4.78 is 4.67. The molecule has 2 atom stereocenters. The molecule has 0 saturated carbocycles. The number of rotatable bonds is 5. The van der Waals surface area contributed by atoms with E-state index in [9.17, 15) is 14.4 Å². The molecule has 3 heterocycles. The largest absolute Gasteiger partial charge is 0.465 e. The first-order valence-corrected chi connectivity index (χ1v) is 10.9. The van der Waals surface area contributed by atoms with Crippen LogP contribution in [0.15, 0.2) is 48.0 Å². The highest BCUT2D eigenvalue weighted by atomic mass is 32.1. The van der Waals surface area contributed by atoms with Crippen LogP contribution in [-0.4, -0.2) is 29.9 Å². The lowest BCUT2D eigenvalue weighted by Crippen LogP contribution is -2.31. The molecular weight excluding hydrogens is 422 g/mol. The second kappa shape index (κ2) is 8.37. The number of carbonyl (C=O) groups excluding carboxylic acids is 3. The fourth-order valence-electron chi connectivity index (χ4n) is 3.49. The Morgan fingerprint density at radius 2 is 2.00 bits per heavy atom. The third-order valence-electron chi connectivity index (χ3n) is 4.93. The highest BCUT2D eigenvalue weighted by Crippen LogP contribution is 2.43. The number of anilines is 2. The molecule has 1 aromatic carbocycles. The van der Waals surface area contributed by atoms with Crippen molar-refractivity contribution >= 4 is 51.3 Å². The summed E-state index contributed by atoms with van der Waals surface area (Å²) in [5, 5.41) is 5.00. The van der Waals surface area contributed by atoms with Gasteiger partial charge in [0.1, 0.15) is 4.88 Å². The molecule has 1 aliphatic rings. The lowest BCUT2D eigenvalue weighted by molar-refractivity contribution is -0.122. The average Bonchev–Trinajstić information content (AvgIpc) is 3.48. The van der Waals surface area contributed by atoms with E-state index >= 15 is 0 Å². The van der Waals surface area contributed by atoms with E-state index in [1.807, 2.05) is 48.7 Å². The summed E-state index contributed by atoms with van der Waals surface area (Å²) in [6.07, 6.45) is 1.46. The Hall–Kier alpha value is -3.04. The molecule has 1 fully saturated rings. The second-order valence-corrected chi connectivity index (χ2v) is 8.89. The van der Waals surface area contributed by atoms with Gasteiger partial charge in [0.25, 0.3) is 0 Å². The first kappa shape index (κ1) is 20.2. The quantitative estimate of drug-likeness (QED) is 0.604. The number of nitrogens with zero attached hydrogens (tertiary/aromatic N) is 2. The van der Waals surface area contributed by atoms with Gasteiger partial charge in [0, 0.05) is 17.0 Å². The van der Waals surface area contributed by atoms with Crippen LogP contribution in [0.4, 0.5) is 10.8 Å². The van der Waals surface area contributed by atoms with Crippen molar-refractivity contribution in [2.75, 3.05) is 17.3 Å². The van der Waals surface area contributed by atoms with Crippen molar-refractivity contribution in [2.24, 2.45) is 5.92 Å². The van der Waals surface area contributed by atoms with Gasteiger partial charge in [0.2, 0.25) is 11.8 Å². The number of nitrogens with one attached hydrogen (secondary N) is 1.